The van der Waals surface area contributed by atoms with Gasteiger partial charge in [0, 0.05) is 16.9 Å². The topological polar surface area (TPSA) is 38.3 Å². The molecule has 2 aromatic rings. The van der Waals surface area contributed by atoms with Crippen LogP contribution < -0.4 is 10.1 Å². The Labute approximate surface area is 131 Å². The molecule has 0 unspecified atom stereocenters. The predicted molar refractivity (Wildman–Crippen MR) is 89.6 cm³/mol. The van der Waals surface area contributed by atoms with Crippen molar-refractivity contribution < 1.29 is 9.53 Å². The number of ketones is 1. The minimum atomic E-state index is 0.120. The van der Waals surface area contributed by atoms with Crippen molar-refractivity contribution >= 4 is 16.6 Å². The summed E-state index contributed by atoms with van der Waals surface area (Å²) in [5.74, 6) is 1.27. The molecule has 0 spiro atoms. The fourth-order valence-corrected chi connectivity index (χ4v) is 3.15. The van der Waals surface area contributed by atoms with E-state index in [2.05, 4.69) is 5.32 Å². The second-order valence-electron chi connectivity index (χ2n) is 6.21. The van der Waals surface area contributed by atoms with Crippen LogP contribution in [0.2, 0.25) is 0 Å². The molecule has 0 bridgehead atoms. The first-order valence-electron chi connectivity index (χ1n) is 8.10. The number of nitrogens with one attached hydrogen (secondary N) is 1. The third-order valence-electron chi connectivity index (χ3n) is 4.22. The maximum atomic E-state index is 12.9. The summed E-state index contributed by atoms with van der Waals surface area (Å²) in [6.45, 7) is 5.90. The van der Waals surface area contributed by atoms with Crippen molar-refractivity contribution in [3.8, 4) is 5.75 Å². The van der Waals surface area contributed by atoms with Gasteiger partial charge >= 0.3 is 0 Å². The molecule has 116 valence electrons. The minimum Gasteiger partial charge on any atom is -0.490 e. The SMILES string of the molecule is CC(C)Oc1ccc(C(=O)C2CCNCC2)c2ccccc12. The molecular formula is C19H23NO2. The van der Waals surface area contributed by atoms with Gasteiger partial charge in [-0.2, -0.15) is 0 Å². The van der Waals surface area contributed by atoms with Gasteiger partial charge < -0.3 is 10.1 Å². The molecule has 2 aromatic carbocycles. The van der Waals surface area contributed by atoms with Crippen LogP contribution in [-0.2, 0) is 0 Å². The van der Waals surface area contributed by atoms with Gasteiger partial charge in [-0.25, -0.2) is 0 Å². The number of hydrogen-bond donors (Lipinski definition) is 1. The van der Waals surface area contributed by atoms with Crippen LogP contribution in [0.5, 0.6) is 5.75 Å². The maximum Gasteiger partial charge on any atom is 0.166 e. The fraction of sp³-hybridized carbons (Fsp3) is 0.421. The van der Waals surface area contributed by atoms with Gasteiger partial charge in [0.25, 0.3) is 0 Å². The molecule has 3 heteroatoms. The molecule has 22 heavy (non-hydrogen) atoms. The van der Waals surface area contributed by atoms with E-state index in [-0.39, 0.29) is 17.8 Å². The van der Waals surface area contributed by atoms with Crippen LogP contribution in [0.3, 0.4) is 0 Å². The lowest BCUT2D eigenvalue weighted by Gasteiger charge is -2.22. The zero-order valence-corrected chi connectivity index (χ0v) is 13.3. The van der Waals surface area contributed by atoms with Crippen molar-refractivity contribution in [3.63, 3.8) is 0 Å². The summed E-state index contributed by atoms with van der Waals surface area (Å²) in [6.07, 6.45) is 1.98. The highest BCUT2D eigenvalue weighted by atomic mass is 16.5. The average molecular weight is 297 g/mol. The first-order chi connectivity index (χ1) is 10.7. The lowest BCUT2D eigenvalue weighted by molar-refractivity contribution is 0.0897. The molecule has 0 aliphatic carbocycles. The third-order valence-corrected chi connectivity index (χ3v) is 4.22. The van der Waals surface area contributed by atoms with E-state index in [0.717, 1.165) is 48.0 Å². The van der Waals surface area contributed by atoms with E-state index in [4.69, 9.17) is 4.74 Å². The van der Waals surface area contributed by atoms with Gasteiger partial charge in [0.2, 0.25) is 0 Å². The van der Waals surface area contributed by atoms with Crippen molar-refractivity contribution in [2.24, 2.45) is 5.92 Å². The summed E-state index contributed by atoms with van der Waals surface area (Å²) < 4.78 is 5.89. The van der Waals surface area contributed by atoms with Gasteiger partial charge in [-0.3, -0.25) is 4.79 Å². The Morgan fingerprint density at radius 3 is 2.45 bits per heavy atom. The van der Waals surface area contributed by atoms with Crippen LogP contribution in [0, 0.1) is 5.92 Å². The van der Waals surface area contributed by atoms with Crippen LogP contribution in [0.4, 0.5) is 0 Å². The predicted octanol–water partition coefficient (Wildman–Crippen LogP) is 3.81. The molecule has 0 aromatic heterocycles. The lowest BCUT2D eigenvalue weighted by atomic mass is 9.87. The summed E-state index contributed by atoms with van der Waals surface area (Å²) in [5.41, 5.74) is 0.832. The Balaban J connectivity index is 2.01. The van der Waals surface area contributed by atoms with Crippen molar-refractivity contribution in [2.75, 3.05) is 13.1 Å². The van der Waals surface area contributed by atoms with Crippen molar-refractivity contribution in [1.82, 2.24) is 5.32 Å². The normalized spacial score (nSPS) is 16.1. The highest BCUT2D eigenvalue weighted by Gasteiger charge is 2.24. The van der Waals surface area contributed by atoms with E-state index in [1.54, 1.807) is 0 Å². The molecular weight excluding hydrogens is 274 g/mol. The smallest absolute Gasteiger partial charge is 0.166 e. The van der Waals surface area contributed by atoms with E-state index in [9.17, 15) is 4.79 Å². The van der Waals surface area contributed by atoms with E-state index in [1.165, 1.54) is 0 Å². The molecule has 1 aliphatic heterocycles. The number of benzene rings is 2. The first kappa shape index (κ1) is 15.0. The van der Waals surface area contributed by atoms with E-state index in [1.807, 2.05) is 50.2 Å². The third kappa shape index (κ3) is 3.00. The van der Waals surface area contributed by atoms with Crippen LogP contribution in [0.1, 0.15) is 37.0 Å². The number of piperidine rings is 1. The number of hydrogen-bond acceptors (Lipinski definition) is 3. The van der Waals surface area contributed by atoms with Gasteiger partial charge in [0.15, 0.2) is 5.78 Å². The van der Waals surface area contributed by atoms with Crippen LogP contribution in [0.15, 0.2) is 36.4 Å². The molecule has 0 amide bonds. The minimum absolute atomic E-state index is 0.120. The molecule has 0 radical (unpaired) electrons. The highest BCUT2D eigenvalue weighted by molar-refractivity contribution is 6.10. The van der Waals surface area contributed by atoms with Crippen LogP contribution in [0.25, 0.3) is 10.8 Å². The number of ether oxygens (including phenoxy) is 1. The molecule has 1 N–H and O–H groups in total. The Morgan fingerprint density at radius 1 is 1.09 bits per heavy atom. The maximum absolute atomic E-state index is 12.9. The Kier molecular flexibility index (Phi) is 4.44. The highest BCUT2D eigenvalue weighted by Crippen LogP contribution is 2.31. The van der Waals surface area contributed by atoms with Gasteiger partial charge in [0.05, 0.1) is 6.10 Å². The quantitative estimate of drug-likeness (QED) is 0.872. The van der Waals surface area contributed by atoms with E-state index >= 15 is 0 Å². The summed E-state index contributed by atoms with van der Waals surface area (Å²) in [7, 11) is 0. The van der Waals surface area contributed by atoms with E-state index < -0.39 is 0 Å². The monoisotopic (exact) mass is 297 g/mol. The van der Waals surface area contributed by atoms with Crippen molar-refractivity contribution in [1.29, 1.82) is 0 Å². The Hall–Kier alpha value is -1.87. The van der Waals surface area contributed by atoms with Gasteiger partial charge in [-0.05, 0) is 57.3 Å². The second kappa shape index (κ2) is 6.49. The molecule has 1 saturated heterocycles. The molecule has 3 rings (SSSR count). The number of carbonyl (C=O) groups is 1. The average Bonchev–Trinajstić information content (AvgIpc) is 2.55. The summed E-state index contributed by atoms with van der Waals surface area (Å²) in [5, 5.41) is 5.34. The first-order valence-corrected chi connectivity index (χ1v) is 8.10. The van der Waals surface area contributed by atoms with Gasteiger partial charge in [-0.15, -0.1) is 0 Å². The lowest BCUT2D eigenvalue weighted by Crippen LogP contribution is -2.32. The molecule has 1 fully saturated rings. The van der Waals surface area contributed by atoms with Gasteiger partial charge in [0.1, 0.15) is 5.75 Å². The van der Waals surface area contributed by atoms with Crippen LogP contribution in [-0.4, -0.2) is 25.0 Å². The Morgan fingerprint density at radius 2 is 1.77 bits per heavy atom. The zero-order valence-electron chi connectivity index (χ0n) is 13.3. The van der Waals surface area contributed by atoms with E-state index in [0.29, 0.717) is 0 Å². The summed E-state index contributed by atoms with van der Waals surface area (Å²) in [4.78, 5) is 12.9. The molecule has 0 atom stereocenters. The second-order valence-corrected chi connectivity index (χ2v) is 6.21. The van der Waals surface area contributed by atoms with Crippen molar-refractivity contribution in [3.05, 3.63) is 42.0 Å². The van der Waals surface area contributed by atoms with Crippen molar-refractivity contribution in [2.45, 2.75) is 32.8 Å². The Bertz CT molecular complexity index is 672. The zero-order chi connectivity index (χ0) is 15.5. The summed E-state index contributed by atoms with van der Waals surface area (Å²) >= 11 is 0. The van der Waals surface area contributed by atoms with Crippen LogP contribution >= 0.6 is 0 Å². The van der Waals surface area contributed by atoms with Gasteiger partial charge in [-0.1, -0.05) is 24.3 Å². The molecule has 1 aliphatic rings. The number of fused-ring (bicyclic) bond motifs is 1. The number of Topliss-reactive ketones (excluding diaryl/α,β-unsaturated/α-hetero) is 1. The number of rotatable bonds is 4. The number of carbonyl (C=O) groups excluding carboxylic acids is 1. The fourth-order valence-electron chi connectivity index (χ4n) is 3.15. The largest absolute Gasteiger partial charge is 0.490 e. The standard InChI is InChI=1S/C19H23NO2/c1-13(2)22-18-8-7-17(15-5-3-4-6-16(15)18)19(21)14-9-11-20-12-10-14/h3-8,13-14,20H,9-12H2,1-2H3. The molecule has 0 saturated carbocycles. The molecule has 3 nitrogen and oxygen atoms in total. The molecule has 1 heterocycles. The summed E-state index contributed by atoms with van der Waals surface area (Å²) in [6, 6.07) is 11.9.